The van der Waals surface area contributed by atoms with Crippen molar-refractivity contribution in [2.24, 2.45) is 5.92 Å². The molecule has 0 aliphatic carbocycles. The minimum Gasteiger partial charge on any atom is -0.281 e. The van der Waals surface area contributed by atoms with Gasteiger partial charge >= 0.3 is 0 Å². The molecule has 0 radical (unpaired) electrons. The van der Waals surface area contributed by atoms with Crippen LogP contribution in [0.25, 0.3) is 0 Å². The minimum absolute atomic E-state index is 0.200. The van der Waals surface area contributed by atoms with Gasteiger partial charge in [0, 0.05) is 6.42 Å². The lowest BCUT2D eigenvalue weighted by Crippen LogP contribution is -1.93. The number of hydrogen-bond donors (Lipinski definition) is 0. The summed E-state index contributed by atoms with van der Waals surface area (Å²) in [6.07, 6.45) is 5.08. The Kier molecular flexibility index (Phi) is 6.63. The van der Waals surface area contributed by atoms with Gasteiger partial charge in [0.1, 0.15) is 0 Å². The molecule has 0 fully saturated rings. The summed E-state index contributed by atoms with van der Waals surface area (Å²) in [5, 5.41) is -0.200. The fourth-order valence-electron chi connectivity index (χ4n) is 0.961. The quantitative estimate of drug-likeness (QED) is 0.448. The number of carbonyl (C=O) groups excluding carboxylic acids is 1. The summed E-state index contributed by atoms with van der Waals surface area (Å²) in [4.78, 5) is 10.3. The van der Waals surface area contributed by atoms with Crippen LogP contribution in [0.4, 0.5) is 0 Å². The molecule has 1 atom stereocenters. The average molecular weight is 177 g/mol. The summed E-state index contributed by atoms with van der Waals surface area (Å²) < 4.78 is 0. The first-order valence-corrected chi connectivity index (χ1v) is 4.73. The van der Waals surface area contributed by atoms with Crippen LogP contribution in [0.1, 0.15) is 46.0 Å². The van der Waals surface area contributed by atoms with Gasteiger partial charge in [0.05, 0.1) is 0 Å². The van der Waals surface area contributed by atoms with E-state index in [0.717, 1.165) is 18.8 Å². The molecule has 0 unspecified atom stereocenters. The van der Waals surface area contributed by atoms with Crippen LogP contribution in [0, 0.1) is 5.92 Å². The van der Waals surface area contributed by atoms with Crippen LogP contribution in [0.5, 0.6) is 0 Å². The van der Waals surface area contributed by atoms with Gasteiger partial charge in [-0.3, -0.25) is 4.79 Å². The maximum Gasteiger partial charge on any atom is 0.221 e. The van der Waals surface area contributed by atoms with E-state index in [1.54, 1.807) is 0 Å². The van der Waals surface area contributed by atoms with Crippen molar-refractivity contribution in [1.29, 1.82) is 0 Å². The van der Waals surface area contributed by atoms with Crippen molar-refractivity contribution in [1.82, 2.24) is 0 Å². The van der Waals surface area contributed by atoms with Gasteiger partial charge in [-0.2, -0.15) is 0 Å². The molecule has 0 saturated heterocycles. The van der Waals surface area contributed by atoms with Crippen LogP contribution in [0.3, 0.4) is 0 Å². The Hall–Kier alpha value is -0.0400. The third-order valence-corrected chi connectivity index (χ3v) is 2.21. The normalized spacial score (nSPS) is 13.0. The summed E-state index contributed by atoms with van der Waals surface area (Å²) in [5.41, 5.74) is 0. The summed E-state index contributed by atoms with van der Waals surface area (Å²) in [6.45, 7) is 4.43. The Bertz CT molecular complexity index is 112. The number of rotatable bonds is 6. The highest BCUT2D eigenvalue weighted by Crippen LogP contribution is 2.12. The maximum atomic E-state index is 10.3. The van der Waals surface area contributed by atoms with Gasteiger partial charge in [-0.25, -0.2) is 0 Å². The van der Waals surface area contributed by atoms with Gasteiger partial charge in [0.15, 0.2) is 0 Å². The third kappa shape index (κ3) is 7.86. The molecule has 0 aromatic carbocycles. The largest absolute Gasteiger partial charge is 0.281 e. The fourth-order valence-corrected chi connectivity index (χ4v) is 1.09. The molecule has 11 heavy (non-hydrogen) atoms. The van der Waals surface area contributed by atoms with Crippen LogP contribution in [-0.4, -0.2) is 5.24 Å². The molecule has 66 valence electrons. The lowest BCUT2D eigenvalue weighted by Gasteiger charge is -2.05. The highest BCUT2D eigenvalue weighted by molar-refractivity contribution is 6.63. The number of carbonyl (C=O) groups is 1. The first kappa shape index (κ1) is 11.0. The molecular formula is C9H17ClO. The minimum atomic E-state index is -0.200. The van der Waals surface area contributed by atoms with Crippen molar-refractivity contribution in [3.05, 3.63) is 0 Å². The van der Waals surface area contributed by atoms with Gasteiger partial charge in [0.2, 0.25) is 5.24 Å². The number of hydrogen-bond acceptors (Lipinski definition) is 1. The zero-order valence-corrected chi connectivity index (χ0v) is 8.16. The summed E-state index contributed by atoms with van der Waals surface area (Å²) in [7, 11) is 0. The highest BCUT2D eigenvalue weighted by Gasteiger charge is 1.99. The molecular weight excluding hydrogens is 160 g/mol. The van der Waals surface area contributed by atoms with Gasteiger partial charge in [-0.1, -0.05) is 33.1 Å². The molecule has 0 heterocycles. The maximum absolute atomic E-state index is 10.3. The Morgan fingerprint density at radius 2 is 2.09 bits per heavy atom. The molecule has 0 N–H and O–H groups in total. The van der Waals surface area contributed by atoms with E-state index in [4.69, 9.17) is 11.6 Å². The Morgan fingerprint density at radius 1 is 1.45 bits per heavy atom. The monoisotopic (exact) mass is 176 g/mol. The zero-order valence-electron chi connectivity index (χ0n) is 7.40. The van der Waals surface area contributed by atoms with E-state index in [1.807, 2.05) is 0 Å². The van der Waals surface area contributed by atoms with E-state index < -0.39 is 0 Å². The van der Waals surface area contributed by atoms with E-state index in [1.165, 1.54) is 12.8 Å². The Balaban J connectivity index is 3.08. The topological polar surface area (TPSA) is 17.1 Å². The van der Waals surface area contributed by atoms with Crippen LogP contribution in [-0.2, 0) is 4.79 Å². The predicted molar refractivity (Wildman–Crippen MR) is 48.8 cm³/mol. The molecule has 0 rings (SSSR count). The van der Waals surface area contributed by atoms with Crippen LogP contribution in [0.15, 0.2) is 0 Å². The second-order valence-corrected chi connectivity index (χ2v) is 3.54. The van der Waals surface area contributed by atoms with E-state index in [2.05, 4.69) is 13.8 Å². The molecule has 0 aliphatic heterocycles. The molecule has 0 aromatic rings. The van der Waals surface area contributed by atoms with Crippen molar-refractivity contribution in [2.45, 2.75) is 46.0 Å². The SMILES string of the molecule is CC[C@H](C)CCCCC(=O)Cl. The van der Waals surface area contributed by atoms with Crippen molar-refractivity contribution >= 4 is 16.8 Å². The standard InChI is InChI=1S/C9H17ClO/c1-3-8(2)6-4-5-7-9(10)11/h8H,3-7H2,1-2H3/t8-/m0/s1. The lowest BCUT2D eigenvalue weighted by atomic mass is 10.0. The predicted octanol–water partition coefficient (Wildman–Crippen LogP) is 3.36. The number of halogens is 1. The Labute approximate surface area is 74.1 Å². The second kappa shape index (κ2) is 6.66. The van der Waals surface area contributed by atoms with Crippen molar-refractivity contribution in [2.75, 3.05) is 0 Å². The zero-order chi connectivity index (χ0) is 8.69. The lowest BCUT2D eigenvalue weighted by molar-refractivity contribution is -0.111. The van der Waals surface area contributed by atoms with E-state index >= 15 is 0 Å². The molecule has 0 aliphatic rings. The van der Waals surface area contributed by atoms with Crippen LogP contribution in [0.2, 0.25) is 0 Å². The van der Waals surface area contributed by atoms with E-state index in [9.17, 15) is 4.79 Å². The van der Waals surface area contributed by atoms with Crippen molar-refractivity contribution < 1.29 is 4.79 Å². The highest BCUT2D eigenvalue weighted by atomic mass is 35.5. The van der Waals surface area contributed by atoms with Crippen LogP contribution < -0.4 is 0 Å². The van der Waals surface area contributed by atoms with Gasteiger partial charge in [0.25, 0.3) is 0 Å². The van der Waals surface area contributed by atoms with Gasteiger partial charge in [-0.15, -0.1) is 0 Å². The van der Waals surface area contributed by atoms with Gasteiger partial charge < -0.3 is 0 Å². The van der Waals surface area contributed by atoms with Gasteiger partial charge in [-0.05, 0) is 23.9 Å². The van der Waals surface area contributed by atoms with Crippen molar-refractivity contribution in [3.63, 3.8) is 0 Å². The molecule has 0 amide bonds. The fraction of sp³-hybridized carbons (Fsp3) is 0.889. The molecule has 2 heteroatoms. The summed E-state index contributed by atoms with van der Waals surface area (Å²) in [6, 6.07) is 0. The molecule has 0 aromatic heterocycles. The summed E-state index contributed by atoms with van der Waals surface area (Å²) >= 11 is 5.19. The first-order valence-electron chi connectivity index (χ1n) is 4.35. The smallest absolute Gasteiger partial charge is 0.221 e. The first-order chi connectivity index (χ1) is 5.16. The number of unbranched alkanes of at least 4 members (excludes halogenated alkanes) is 1. The van der Waals surface area contributed by atoms with E-state index in [0.29, 0.717) is 6.42 Å². The third-order valence-electron chi connectivity index (χ3n) is 2.02. The molecule has 0 saturated carbocycles. The van der Waals surface area contributed by atoms with Crippen molar-refractivity contribution in [3.8, 4) is 0 Å². The summed E-state index contributed by atoms with van der Waals surface area (Å²) in [5.74, 6) is 0.792. The molecule has 1 nitrogen and oxygen atoms in total. The second-order valence-electron chi connectivity index (χ2n) is 3.11. The molecule has 0 bridgehead atoms. The Morgan fingerprint density at radius 3 is 2.55 bits per heavy atom. The average Bonchev–Trinajstić information content (AvgIpc) is 1.97. The van der Waals surface area contributed by atoms with E-state index in [-0.39, 0.29) is 5.24 Å². The molecule has 0 spiro atoms. The van der Waals surface area contributed by atoms with Crippen LogP contribution >= 0.6 is 11.6 Å².